The van der Waals surface area contributed by atoms with E-state index in [1.165, 1.54) is 19.2 Å². The third-order valence-electron chi connectivity index (χ3n) is 2.92. The summed E-state index contributed by atoms with van der Waals surface area (Å²) >= 11 is 0. The highest BCUT2D eigenvalue weighted by molar-refractivity contribution is 7.89. The molecule has 0 saturated heterocycles. The molecule has 1 amide bonds. The number of carbonyl (C=O) groups is 1. The molecule has 1 aromatic rings. The molecule has 110 valence electrons. The summed E-state index contributed by atoms with van der Waals surface area (Å²) in [5.41, 5.74) is 0.353. The van der Waals surface area contributed by atoms with E-state index < -0.39 is 10.0 Å². The molecule has 0 heterocycles. The molecule has 6 nitrogen and oxygen atoms in total. The summed E-state index contributed by atoms with van der Waals surface area (Å²) in [5, 5.41) is 2.83. The van der Waals surface area contributed by atoms with E-state index in [9.17, 15) is 13.2 Å². The van der Waals surface area contributed by atoms with Crippen molar-refractivity contribution in [3.63, 3.8) is 0 Å². The Labute approximate surface area is 118 Å². The number of amides is 1. The van der Waals surface area contributed by atoms with Gasteiger partial charge in [-0.25, -0.2) is 13.1 Å². The number of benzene rings is 1. The highest BCUT2D eigenvalue weighted by Crippen LogP contribution is 2.20. The van der Waals surface area contributed by atoms with E-state index in [0.717, 1.165) is 12.8 Å². The molecule has 2 rings (SSSR count). The van der Waals surface area contributed by atoms with Gasteiger partial charge in [-0.15, -0.1) is 0 Å². The first-order chi connectivity index (χ1) is 9.53. The lowest BCUT2D eigenvalue weighted by Crippen LogP contribution is -2.28. The van der Waals surface area contributed by atoms with Crippen LogP contribution in [0.2, 0.25) is 0 Å². The standard InChI is InChI=1S/C13H18N2O4S/c1-19-8-7-14-20(17,18)12-4-2-3-10(9-12)13(16)15-11-5-6-11/h2-4,9,11,14H,5-8H2,1H3,(H,15,16). The van der Waals surface area contributed by atoms with Gasteiger partial charge in [0.05, 0.1) is 11.5 Å². The summed E-state index contributed by atoms with van der Waals surface area (Å²) in [7, 11) is -2.11. The van der Waals surface area contributed by atoms with Crippen LogP contribution in [-0.4, -0.2) is 40.6 Å². The minimum atomic E-state index is -3.61. The van der Waals surface area contributed by atoms with E-state index in [4.69, 9.17) is 4.74 Å². The van der Waals surface area contributed by atoms with E-state index in [-0.39, 0.29) is 23.4 Å². The van der Waals surface area contributed by atoms with E-state index in [0.29, 0.717) is 12.2 Å². The summed E-state index contributed by atoms with van der Waals surface area (Å²) in [6.45, 7) is 0.485. The lowest BCUT2D eigenvalue weighted by molar-refractivity contribution is 0.0951. The Hall–Kier alpha value is -1.44. The molecule has 0 atom stereocenters. The van der Waals surface area contributed by atoms with Crippen molar-refractivity contribution in [2.24, 2.45) is 0 Å². The van der Waals surface area contributed by atoms with Crippen molar-refractivity contribution in [2.45, 2.75) is 23.8 Å². The van der Waals surface area contributed by atoms with Crippen LogP contribution in [0, 0.1) is 0 Å². The number of carbonyl (C=O) groups excluding carboxylic acids is 1. The van der Waals surface area contributed by atoms with Crippen LogP contribution in [0.5, 0.6) is 0 Å². The maximum atomic E-state index is 12.0. The minimum Gasteiger partial charge on any atom is -0.383 e. The Kier molecular flexibility index (Phi) is 4.74. The van der Waals surface area contributed by atoms with Crippen molar-refractivity contribution >= 4 is 15.9 Å². The maximum absolute atomic E-state index is 12.0. The molecule has 1 saturated carbocycles. The molecule has 0 aliphatic heterocycles. The van der Waals surface area contributed by atoms with Crippen molar-refractivity contribution in [1.82, 2.24) is 10.0 Å². The van der Waals surface area contributed by atoms with E-state index in [2.05, 4.69) is 10.0 Å². The van der Waals surface area contributed by atoms with Crippen LogP contribution in [0.15, 0.2) is 29.2 Å². The topological polar surface area (TPSA) is 84.5 Å². The Morgan fingerprint density at radius 2 is 2.15 bits per heavy atom. The molecule has 0 aromatic heterocycles. The number of methoxy groups -OCH3 is 1. The van der Waals surface area contributed by atoms with Crippen LogP contribution in [0.4, 0.5) is 0 Å². The number of nitrogens with one attached hydrogen (secondary N) is 2. The average Bonchev–Trinajstić information content (AvgIpc) is 3.23. The molecule has 1 fully saturated rings. The van der Waals surface area contributed by atoms with Gasteiger partial charge < -0.3 is 10.1 Å². The van der Waals surface area contributed by atoms with Crippen LogP contribution in [0.3, 0.4) is 0 Å². The van der Waals surface area contributed by atoms with Gasteiger partial charge in [0.15, 0.2) is 0 Å². The lowest BCUT2D eigenvalue weighted by atomic mass is 10.2. The van der Waals surface area contributed by atoms with Crippen molar-refractivity contribution in [2.75, 3.05) is 20.3 Å². The van der Waals surface area contributed by atoms with Crippen LogP contribution >= 0.6 is 0 Å². The van der Waals surface area contributed by atoms with Gasteiger partial charge in [-0.3, -0.25) is 4.79 Å². The average molecular weight is 298 g/mol. The fourth-order valence-electron chi connectivity index (χ4n) is 1.66. The van der Waals surface area contributed by atoms with Gasteiger partial charge in [0.25, 0.3) is 5.91 Å². The van der Waals surface area contributed by atoms with Gasteiger partial charge in [-0.05, 0) is 31.0 Å². The van der Waals surface area contributed by atoms with Crippen LogP contribution < -0.4 is 10.0 Å². The summed E-state index contributed by atoms with van der Waals surface area (Å²) in [6, 6.07) is 6.25. The largest absolute Gasteiger partial charge is 0.383 e. The molecular formula is C13H18N2O4S. The lowest BCUT2D eigenvalue weighted by Gasteiger charge is -2.08. The smallest absolute Gasteiger partial charge is 0.251 e. The SMILES string of the molecule is COCCNS(=O)(=O)c1cccc(C(=O)NC2CC2)c1. The Morgan fingerprint density at radius 3 is 2.80 bits per heavy atom. The molecular weight excluding hydrogens is 280 g/mol. The zero-order valence-electron chi connectivity index (χ0n) is 11.3. The van der Waals surface area contributed by atoms with Gasteiger partial charge in [0.2, 0.25) is 10.0 Å². The van der Waals surface area contributed by atoms with Crippen molar-refractivity contribution in [3.8, 4) is 0 Å². The van der Waals surface area contributed by atoms with Crippen molar-refractivity contribution in [3.05, 3.63) is 29.8 Å². The van der Waals surface area contributed by atoms with Crippen LogP contribution in [0.25, 0.3) is 0 Å². The minimum absolute atomic E-state index is 0.0806. The van der Waals surface area contributed by atoms with Gasteiger partial charge in [-0.1, -0.05) is 6.07 Å². The first-order valence-electron chi connectivity index (χ1n) is 6.42. The second-order valence-electron chi connectivity index (χ2n) is 4.67. The highest BCUT2D eigenvalue weighted by Gasteiger charge is 2.24. The zero-order valence-corrected chi connectivity index (χ0v) is 12.1. The van der Waals surface area contributed by atoms with E-state index >= 15 is 0 Å². The summed E-state index contributed by atoms with van der Waals surface area (Å²) in [6.07, 6.45) is 1.98. The molecule has 2 N–H and O–H groups in total. The Morgan fingerprint density at radius 1 is 1.40 bits per heavy atom. The number of sulfonamides is 1. The highest BCUT2D eigenvalue weighted by atomic mass is 32.2. The molecule has 0 unspecified atom stereocenters. The number of rotatable bonds is 7. The molecule has 1 aliphatic rings. The fraction of sp³-hybridized carbons (Fsp3) is 0.462. The molecule has 0 bridgehead atoms. The Balaban J connectivity index is 2.09. The normalized spacial score (nSPS) is 15.1. The van der Waals surface area contributed by atoms with E-state index in [1.54, 1.807) is 12.1 Å². The molecule has 20 heavy (non-hydrogen) atoms. The zero-order chi connectivity index (χ0) is 14.6. The van der Waals surface area contributed by atoms with Crippen molar-refractivity contribution < 1.29 is 17.9 Å². The monoisotopic (exact) mass is 298 g/mol. The fourth-order valence-corrected chi connectivity index (χ4v) is 2.72. The molecule has 0 spiro atoms. The number of hydrogen-bond donors (Lipinski definition) is 2. The predicted octanol–water partition coefficient (Wildman–Crippen LogP) is 0.503. The number of hydrogen-bond acceptors (Lipinski definition) is 4. The molecule has 0 radical (unpaired) electrons. The summed E-state index contributed by atoms with van der Waals surface area (Å²) < 4.78 is 31.2. The van der Waals surface area contributed by atoms with Gasteiger partial charge in [-0.2, -0.15) is 0 Å². The second kappa shape index (κ2) is 6.34. The third kappa shape index (κ3) is 4.03. The Bertz CT molecular complexity index is 582. The van der Waals surface area contributed by atoms with E-state index in [1.807, 2.05) is 0 Å². The molecule has 1 aliphatic carbocycles. The third-order valence-corrected chi connectivity index (χ3v) is 4.38. The molecule has 7 heteroatoms. The predicted molar refractivity (Wildman–Crippen MR) is 74.0 cm³/mol. The maximum Gasteiger partial charge on any atom is 0.251 e. The molecule has 1 aromatic carbocycles. The number of ether oxygens (including phenoxy) is 1. The first-order valence-corrected chi connectivity index (χ1v) is 7.91. The van der Waals surface area contributed by atoms with Crippen molar-refractivity contribution in [1.29, 1.82) is 0 Å². The second-order valence-corrected chi connectivity index (χ2v) is 6.43. The summed E-state index contributed by atoms with van der Waals surface area (Å²) in [4.78, 5) is 12.0. The van der Waals surface area contributed by atoms with Gasteiger partial charge in [0.1, 0.15) is 0 Å². The quantitative estimate of drug-likeness (QED) is 0.718. The first kappa shape index (κ1) is 15.0. The van der Waals surface area contributed by atoms with Gasteiger partial charge in [0, 0.05) is 25.3 Å². The van der Waals surface area contributed by atoms with Gasteiger partial charge >= 0.3 is 0 Å². The van der Waals surface area contributed by atoms with Crippen LogP contribution in [0.1, 0.15) is 23.2 Å². The summed E-state index contributed by atoms with van der Waals surface area (Å²) in [5.74, 6) is -0.235. The van der Waals surface area contributed by atoms with Crippen LogP contribution in [-0.2, 0) is 14.8 Å².